The number of imide groups is 1. The van der Waals surface area contributed by atoms with Crippen LogP contribution in [0.3, 0.4) is 0 Å². The van der Waals surface area contributed by atoms with Crippen molar-refractivity contribution in [2.75, 3.05) is 13.1 Å². The molecule has 0 bridgehead atoms. The minimum atomic E-state index is -0.336. The molecule has 2 aromatic rings. The maximum absolute atomic E-state index is 12.3. The number of amides is 3. The van der Waals surface area contributed by atoms with Gasteiger partial charge in [0, 0.05) is 24.2 Å². The van der Waals surface area contributed by atoms with Crippen molar-refractivity contribution in [2.24, 2.45) is 0 Å². The zero-order valence-corrected chi connectivity index (χ0v) is 14.1. The number of aromatic nitrogens is 1. The number of hydrogen-bond acceptors (Lipinski definition) is 6. The number of thiophene rings is 1. The molecule has 122 valence electrons. The Balaban J connectivity index is 1.57. The molecule has 0 aromatic carbocycles. The fraction of sp³-hybridized carbons (Fsp3) is 0.125. The minimum Gasteiger partial charge on any atom is -0.349 e. The normalized spacial score (nSPS) is 16.0. The third kappa shape index (κ3) is 3.72. The summed E-state index contributed by atoms with van der Waals surface area (Å²) < 4.78 is 0. The Labute approximate surface area is 146 Å². The van der Waals surface area contributed by atoms with Gasteiger partial charge in [-0.3, -0.25) is 24.3 Å². The molecular formula is C16H13N3O3S2. The molecule has 1 N–H and O–H groups in total. The molecule has 0 atom stereocenters. The zero-order chi connectivity index (χ0) is 16.9. The first-order chi connectivity index (χ1) is 11.6. The highest BCUT2D eigenvalue weighted by molar-refractivity contribution is 8.18. The molecule has 1 aliphatic heterocycles. The Kier molecular flexibility index (Phi) is 5.07. The van der Waals surface area contributed by atoms with Crippen molar-refractivity contribution >= 4 is 46.2 Å². The van der Waals surface area contributed by atoms with Crippen LogP contribution < -0.4 is 5.32 Å². The maximum Gasteiger partial charge on any atom is 0.293 e. The van der Waals surface area contributed by atoms with E-state index in [9.17, 15) is 14.4 Å². The van der Waals surface area contributed by atoms with Crippen molar-refractivity contribution in [3.63, 3.8) is 0 Å². The van der Waals surface area contributed by atoms with Crippen LogP contribution in [0.5, 0.6) is 0 Å². The second kappa shape index (κ2) is 7.41. The number of pyridine rings is 1. The van der Waals surface area contributed by atoms with Gasteiger partial charge in [-0.15, -0.1) is 11.3 Å². The lowest BCUT2D eigenvalue weighted by molar-refractivity contribution is -0.122. The molecule has 3 rings (SSSR count). The van der Waals surface area contributed by atoms with E-state index in [1.807, 2.05) is 17.5 Å². The molecule has 0 spiro atoms. The van der Waals surface area contributed by atoms with Gasteiger partial charge in [0.05, 0.1) is 4.91 Å². The molecule has 6 nitrogen and oxygen atoms in total. The summed E-state index contributed by atoms with van der Waals surface area (Å²) in [7, 11) is 0. The second-order valence-corrected chi connectivity index (χ2v) is 6.79. The topological polar surface area (TPSA) is 79.4 Å². The molecule has 1 saturated heterocycles. The standard InChI is InChI=1S/C16H13N3O3S2/c20-14(12-5-1-2-6-17-12)18-7-8-19-15(21)13(24-16(19)22)10-11-4-3-9-23-11/h1-6,9-10H,7-8H2,(H,18,20). The van der Waals surface area contributed by atoms with E-state index in [2.05, 4.69) is 10.3 Å². The number of carbonyl (C=O) groups excluding carboxylic acids is 3. The number of hydrogen-bond donors (Lipinski definition) is 1. The summed E-state index contributed by atoms with van der Waals surface area (Å²) >= 11 is 2.41. The molecule has 1 aliphatic rings. The summed E-state index contributed by atoms with van der Waals surface area (Å²) in [5.41, 5.74) is 0.296. The largest absolute Gasteiger partial charge is 0.349 e. The van der Waals surface area contributed by atoms with Crippen molar-refractivity contribution in [1.29, 1.82) is 0 Å². The Morgan fingerprint density at radius 2 is 2.12 bits per heavy atom. The average Bonchev–Trinajstić information content (AvgIpc) is 3.19. The van der Waals surface area contributed by atoms with Crippen molar-refractivity contribution in [3.8, 4) is 0 Å². The molecule has 0 saturated carbocycles. The van der Waals surface area contributed by atoms with E-state index in [-0.39, 0.29) is 30.1 Å². The van der Waals surface area contributed by atoms with E-state index >= 15 is 0 Å². The molecule has 1 fully saturated rings. The lowest BCUT2D eigenvalue weighted by Gasteiger charge is -2.12. The summed E-state index contributed by atoms with van der Waals surface area (Å²) in [4.78, 5) is 42.5. The Morgan fingerprint density at radius 1 is 1.25 bits per heavy atom. The van der Waals surface area contributed by atoms with Crippen LogP contribution >= 0.6 is 23.1 Å². The molecule has 3 heterocycles. The van der Waals surface area contributed by atoms with Gasteiger partial charge in [0.1, 0.15) is 5.69 Å². The third-order valence-corrected chi connectivity index (χ3v) is 4.94. The Bertz CT molecular complexity index is 788. The van der Waals surface area contributed by atoms with Crippen LogP contribution in [0.1, 0.15) is 15.4 Å². The molecule has 2 aromatic heterocycles. The predicted octanol–water partition coefficient (Wildman–Crippen LogP) is 2.61. The summed E-state index contributed by atoms with van der Waals surface area (Å²) in [6.45, 7) is 0.310. The zero-order valence-electron chi connectivity index (χ0n) is 12.5. The van der Waals surface area contributed by atoms with E-state index in [0.717, 1.165) is 21.5 Å². The van der Waals surface area contributed by atoms with Gasteiger partial charge >= 0.3 is 0 Å². The Morgan fingerprint density at radius 3 is 2.83 bits per heavy atom. The van der Waals surface area contributed by atoms with E-state index < -0.39 is 0 Å². The van der Waals surface area contributed by atoms with Crippen molar-refractivity contribution in [1.82, 2.24) is 15.2 Å². The van der Waals surface area contributed by atoms with Gasteiger partial charge in [0.2, 0.25) is 0 Å². The fourth-order valence-electron chi connectivity index (χ4n) is 2.06. The van der Waals surface area contributed by atoms with Crippen LogP contribution in [0.2, 0.25) is 0 Å². The summed E-state index contributed by atoms with van der Waals surface area (Å²) in [6.07, 6.45) is 3.24. The molecular weight excluding hydrogens is 346 g/mol. The molecule has 0 unspecified atom stereocenters. The van der Waals surface area contributed by atoms with Gasteiger partial charge in [-0.2, -0.15) is 0 Å². The number of nitrogens with zero attached hydrogens (tertiary/aromatic N) is 2. The molecule has 24 heavy (non-hydrogen) atoms. The van der Waals surface area contributed by atoms with Crippen LogP contribution in [-0.2, 0) is 4.79 Å². The van der Waals surface area contributed by atoms with Gasteiger partial charge in [0.25, 0.3) is 17.1 Å². The first-order valence-corrected chi connectivity index (χ1v) is 8.83. The monoisotopic (exact) mass is 359 g/mol. The number of nitrogens with one attached hydrogen (secondary N) is 1. The fourth-order valence-corrected chi connectivity index (χ4v) is 3.65. The minimum absolute atomic E-state index is 0.130. The van der Waals surface area contributed by atoms with Gasteiger partial charge in [-0.1, -0.05) is 12.1 Å². The van der Waals surface area contributed by atoms with E-state index in [1.54, 1.807) is 24.3 Å². The summed E-state index contributed by atoms with van der Waals surface area (Å²) in [5.74, 6) is -0.665. The van der Waals surface area contributed by atoms with Gasteiger partial charge in [-0.05, 0) is 41.4 Å². The first-order valence-electron chi connectivity index (χ1n) is 7.13. The molecule has 0 radical (unpaired) electrons. The lowest BCUT2D eigenvalue weighted by atomic mass is 10.3. The number of rotatable bonds is 5. The van der Waals surface area contributed by atoms with Crippen molar-refractivity contribution < 1.29 is 14.4 Å². The van der Waals surface area contributed by atoms with E-state index in [0.29, 0.717) is 10.6 Å². The van der Waals surface area contributed by atoms with Crippen LogP contribution in [0, 0.1) is 0 Å². The highest BCUT2D eigenvalue weighted by Crippen LogP contribution is 2.32. The Hall–Kier alpha value is -2.45. The van der Waals surface area contributed by atoms with Crippen LogP contribution in [0.15, 0.2) is 46.8 Å². The average molecular weight is 359 g/mol. The second-order valence-electron chi connectivity index (χ2n) is 4.82. The summed E-state index contributed by atoms with van der Waals surface area (Å²) in [5, 5.41) is 4.23. The highest BCUT2D eigenvalue weighted by atomic mass is 32.2. The number of thioether (sulfide) groups is 1. The smallest absolute Gasteiger partial charge is 0.293 e. The highest BCUT2D eigenvalue weighted by Gasteiger charge is 2.34. The first kappa shape index (κ1) is 16.4. The van der Waals surface area contributed by atoms with Gasteiger partial charge in [-0.25, -0.2) is 0 Å². The van der Waals surface area contributed by atoms with Crippen LogP contribution in [-0.4, -0.2) is 40.0 Å². The van der Waals surface area contributed by atoms with E-state index in [4.69, 9.17) is 0 Å². The van der Waals surface area contributed by atoms with E-state index in [1.165, 1.54) is 17.5 Å². The van der Waals surface area contributed by atoms with Crippen LogP contribution in [0.4, 0.5) is 4.79 Å². The van der Waals surface area contributed by atoms with Crippen molar-refractivity contribution in [2.45, 2.75) is 0 Å². The SMILES string of the molecule is O=C(NCCN1C(=O)SC(=Cc2cccs2)C1=O)c1ccccn1. The molecule has 3 amide bonds. The van der Waals surface area contributed by atoms with Gasteiger partial charge in [0.15, 0.2) is 0 Å². The lowest BCUT2D eigenvalue weighted by Crippen LogP contribution is -2.37. The third-order valence-electron chi connectivity index (χ3n) is 3.21. The quantitative estimate of drug-likeness (QED) is 0.830. The molecule has 0 aliphatic carbocycles. The summed E-state index contributed by atoms with van der Waals surface area (Å²) in [6, 6.07) is 8.80. The van der Waals surface area contributed by atoms with Crippen molar-refractivity contribution in [3.05, 3.63) is 57.4 Å². The molecule has 8 heteroatoms. The van der Waals surface area contributed by atoms with Crippen LogP contribution in [0.25, 0.3) is 6.08 Å². The predicted molar refractivity (Wildman–Crippen MR) is 93.6 cm³/mol. The van der Waals surface area contributed by atoms with Gasteiger partial charge < -0.3 is 5.32 Å². The maximum atomic E-state index is 12.3. The number of carbonyl (C=O) groups is 3.